The Morgan fingerprint density at radius 2 is 1.79 bits per heavy atom. The lowest BCUT2D eigenvalue weighted by molar-refractivity contribution is -0.887. The van der Waals surface area contributed by atoms with E-state index in [2.05, 4.69) is 29.5 Å². The van der Waals surface area contributed by atoms with Crippen molar-refractivity contribution < 1.29 is 27.8 Å². The maximum absolute atomic E-state index is 11.5. The number of carbonyl (C=O) groups excluding carboxylic acids is 1. The van der Waals surface area contributed by atoms with Crippen molar-refractivity contribution in [3.05, 3.63) is 0 Å². The second-order valence-corrected chi connectivity index (χ2v) is 13.6. The Labute approximate surface area is 116 Å². The first-order valence-electron chi connectivity index (χ1n) is 6.00. The van der Waals surface area contributed by atoms with E-state index in [1.165, 1.54) is 0 Å². The van der Waals surface area contributed by atoms with E-state index in [4.69, 9.17) is 4.52 Å². The Morgan fingerprint density at radius 1 is 1.26 bits per heavy atom. The molecule has 1 unspecified atom stereocenters. The summed E-state index contributed by atoms with van der Waals surface area (Å²) < 4.78 is 21.3. The largest absolute Gasteiger partial charge is 0.477 e. The lowest BCUT2D eigenvalue weighted by Crippen LogP contribution is -2.41. The molecule has 2 N–H and O–H groups in total. The summed E-state index contributed by atoms with van der Waals surface area (Å²) >= 11 is 0. The van der Waals surface area contributed by atoms with Gasteiger partial charge in [0, 0.05) is 6.17 Å². The predicted octanol–water partition coefficient (Wildman–Crippen LogP) is 0.777. The number of carbonyl (C=O) groups is 1. The van der Waals surface area contributed by atoms with Crippen molar-refractivity contribution in [3.63, 3.8) is 0 Å². The molecule has 0 bridgehead atoms. The smallest absolute Gasteiger partial charge is 0.357 e. The highest BCUT2D eigenvalue weighted by Gasteiger charge is 2.26. The molecule has 0 aliphatic rings. The molecule has 1 atom stereocenters. The second kappa shape index (κ2) is 6.96. The minimum absolute atomic E-state index is 0.0182. The normalized spacial score (nSPS) is 15.9. The van der Waals surface area contributed by atoms with E-state index >= 15 is 0 Å². The Hall–Kier alpha value is -0.243. The lowest BCUT2D eigenvalue weighted by atomic mass is 10.7. The molecule has 0 spiro atoms. The molecular formula is C10H26N2O5PSi+. The predicted molar refractivity (Wildman–Crippen MR) is 76.1 cm³/mol. The number of hydrogen-bond donors (Lipinski definition) is 2. The van der Waals surface area contributed by atoms with Gasteiger partial charge in [-0.25, -0.2) is 9.09 Å². The molecule has 7 nitrogen and oxygen atoms in total. The van der Waals surface area contributed by atoms with Crippen molar-refractivity contribution in [2.24, 2.45) is 0 Å². The maximum atomic E-state index is 11.5. The summed E-state index contributed by atoms with van der Waals surface area (Å²) in [5.74, 6) is -0.412. The van der Waals surface area contributed by atoms with Crippen LogP contribution in [0.15, 0.2) is 0 Å². The molecule has 9 heteroatoms. The van der Waals surface area contributed by atoms with Gasteiger partial charge in [-0.15, -0.1) is 0 Å². The van der Waals surface area contributed by atoms with Gasteiger partial charge in [-0.05, 0) is 0 Å². The fraction of sp³-hybridized carbons (Fsp3) is 0.900. The van der Waals surface area contributed by atoms with Gasteiger partial charge in [0.05, 0.1) is 29.2 Å². The van der Waals surface area contributed by atoms with Crippen molar-refractivity contribution in [2.75, 3.05) is 40.6 Å². The molecule has 0 heterocycles. The monoisotopic (exact) mass is 313 g/mol. The third-order valence-electron chi connectivity index (χ3n) is 1.78. The average molecular weight is 313 g/mol. The van der Waals surface area contributed by atoms with Crippen LogP contribution in [-0.4, -0.2) is 64.0 Å². The summed E-state index contributed by atoms with van der Waals surface area (Å²) in [6.45, 7) is 5.86. The van der Waals surface area contributed by atoms with Crippen LogP contribution < -0.4 is 5.32 Å². The molecular weight excluding hydrogens is 287 g/mol. The SMILES string of the molecule is C[N+](C)(C)COP(=O)(O)OCC(=O)NC[Si](C)(C)C. The van der Waals surface area contributed by atoms with Crippen LogP contribution in [0, 0.1) is 0 Å². The van der Waals surface area contributed by atoms with E-state index in [1.54, 1.807) is 21.1 Å². The maximum Gasteiger partial charge on any atom is 0.477 e. The average Bonchev–Trinajstić information content (AvgIpc) is 2.19. The standard InChI is InChI=1S/C10H25N2O5PSi/c1-12(2,3)9-17-18(14,15)16-7-10(13)11-8-19(4,5)6/h7-9H2,1-6H3,(H-,11,13,14,15)/p+1. The van der Waals surface area contributed by atoms with Crippen molar-refractivity contribution in [2.45, 2.75) is 19.6 Å². The van der Waals surface area contributed by atoms with Gasteiger partial charge in [0.1, 0.15) is 6.61 Å². The summed E-state index contributed by atoms with van der Waals surface area (Å²) in [7, 11) is -0.141. The molecule has 0 saturated carbocycles. The van der Waals surface area contributed by atoms with Gasteiger partial charge in [0.2, 0.25) is 5.91 Å². The molecule has 0 radical (unpaired) electrons. The first kappa shape index (κ1) is 18.8. The van der Waals surface area contributed by atoms with Gasteiger partial charge in [-0.2, -0.15) is 0 Å². The summed E-state index contributed by atoms with van der Waals surface area (Å²) in [4.78, 5) is 20.8. The van der Waals surface area contributed by atoms with Crippen LogP contribution in [0.5, 0.6) is 0 Å². The first-order valence-corrected chi connectivity index (χ1v) is 11.2. The Morgan fingerprint density at radius 3 is 2.21 bits per heavy atom. The topological polar surface area (TPSA) is 84.9 Å². The molecule has 0 aromatic rings. The summed E-state index contributed by atoms with van der Waals surface area (Å²) in [6, 6.07) is 0. The van der Waals surface area contributed by atoms with Crippen LogP contribution in [-0.2, 0) is 18.4 Å². The number of nitrogens with one attached hydrogen (secondary N) is 1. The van der Waals surface area contributed by atoms with Crippen molar-refractivity contribution in [1.29, 1.82) is 0 Å². The van der Waals surface area contributed by atoms with Crippen LogP contribution in [0.1, 0.15) is 0 Å². The van der Waals surface area contributed by atoms with Gasteiger partial charge in [0.15, 0.2) is 6.73 Å². The molecule has 0 fully saturated rings. The van der Waals surface area contributed by atoms with Crippen LogP contribution in [0.3, 0.4) is 0 Å². The number of nitrogens with zero attached hydrogens (tertiary/aromatic N) is 1. The summed E-state index contributed by atoms with van der Waals surface area (Å²) in [5, 5.41) is 2.67. The summed E-state index contributed by atoms with van der Waals surface area (Å²) in [6.07, 6.45) is 0.602. The third kappa shape index (κ3) is 12.5. The van der Waals surface area contributed by atoms with Crippen molar-refractivity contribution in [3.8, 4) is 0 Å². The van der Waals surface area contributed by atoms with Gasteiger partial charge >= 0.3 is 7.82 Å². The van der Waals surface area contributed by atoms with Crippen LogP contribution in [0.4, 0.5) is 0 Å². The number of phosphoric acid groups is 1. The molecule has 114 valence electrons. The highest BCUT2D eigenvalue weighted by atomic mass is 31.2. The zero-order valence-electron chi connectivity index (χ0n) is 12.6. The number of hydrogen-bond acceptors (Lipinski definition) is 4. The first-order chi connectivity index (χ1) is 8.31. The Kier molecular flexibility index (Phi) is 6.88. The quantitative estimate of drug-likeness (QED) is 0.299. The molecule has 0 aromatic heterocycles. The molecule has 0 aliphatic carbocycles. The zero-order valence-corrected chi connectivity index (χ0v) is 14.5. The zero-order chi connectivity index (χ0) is 15.3. The molecule has 0 saturated heterocycles. The van der Waals surface area contributed by atoms with Crippen molar-refractivity contribution in [1.82, 2.24) is 5.32 Å². The summed E-state index contributed by atoms with van der Waals surface area (Å²) in [5.41, 5.74) is 0. The molecule has 0 aromatic carbocycles. The Bertz CT molecular complexity index is 351. The van der Waals surface area contributed by atoms with Crippen LogP contribution >= 0.6 is 7.82 Å². The second-order valence-electron chi connectivity index (χ2n) is 6.63. The van der Waals surface area contributed by atoms with Gasteiger partial charge < -0.3 is 14.7 Å². The highest BCUT2D eigenvalue weighted by molar-refractivity contribution is 7.47. The number of amides is 1. The lowest BCUT2D eigenvalue weighted by Gasteiger charge is -2.24. The van der Waals surface area contributed by atoms with E-state index in [9.17, 15) is 14.3 Å². The van der Waals surface area contributed by atoms with Crippen LogP contribution in [0.25, 0.3) is 0 Å². The third-order valence-corrected chi connectivity index (χ3v) is 3.92. The van der Waals surface area contributed by atoms with Crippen molar-refractivity contribution >= 4 is 21.8 Å². The molecule has 19 heavy (non-hydrogen) atoms. The number of phosphoric ester groups is 1. The fourth-order valence-electron chi connectivity index (χ4n) is 0.838. The van der Waals surface area contributed by atoms with Crippen LogP contribution in [0.2, 0.25) is 19.6 Å². The number of quaternary nitrogens is 1. The van der Waals surface area contributed by atoms with E-state index in [-0.39, 0.29) is 6.73 Å². The minimum atomic E-state index is -4.17. The molecule has 0 rings (SSSR count). The number of rotatable bonds is 8. The van der Waals surface area contributed by atoms with Gasteiger partial charge in [-0.3, -0.25) is 9.32 Å². The fourth-order valence-corrected chi connectivity index (χ4v) is 2.41. The molecule has 0 aliphatic heterocycles. The minimum Gasteiger partial charge on any atom is -0.357 e. The van der Waals surface area contributed by atoms with E-state index in [0.29, 0.717) is 10.7 Å². The van der Waals surface area contributed by atoms with E-state index in [1.807, 2.05) is 0 Å². The highest BCUT2D eigenvalue weighted by Crippen LogP contribution is 2.43. The van der Waals surface area contributed by atoms with Gasteiger partial charge in [-0.1, -0.05) is 19.6 Å². The Balaban J connectivity index is 4.04. The van der Waals surface area contributed by atoms with Gasteiger partial charge in [0.25, 0.3) is 0 Å². The molecule has 1 amide bonds. The van der Waals surface area contributed by atoms with E-state index < -0.39 is 28.4 Å². The van der Waals surface area contributed by atoms with E-state index in [0.717, 1.165) is 0 Å².